The minimum absolute atomic E-state index is 0.189. The van der Waals surface area contributed by atoms with Gasteiger partial charge in [-0.1, -0.05) is 30.3 Å². The Kier molecular flexibility index (Phi) is 3.88. The zero-order valence-corrected chi connectivity index (χ0v) is 10.8. The van der Waals surface area contributed by atoms with Crippen LogP contribution in [0.15, 0.2) is 48.5 Å². The van der Waals surface area contributed by atoms with E-state index in [1.54, 1.807) is 6.07 Å². The van der Waals surface area contributed by atoms with Crippen molar-refractivity contribution in [2.75, 3.05) is 0 Å². The minimum atomic E-state index is 0.189. The van der Waals surface area contributed by atoms with E-state index < -0.39 is 0 Å². The highest BCUT2D eigenvalue weighted by Crippen LogP contribution is 2.21. The molecule has 0 aliphatic rings. The van der Waals surface area contributed by atoms with Gasteiger partial charge in [-0.25, -0.2) is 0 Å². The van der Waals surface area contributed by atoms with Crippen molar-refractivity contribution in [3.63, 3.8) is 0 Å². The molecule has 0 heterocycles. The fraction of sp³-hybridized carbons (Fsp3) is 0.250. The van der Waals surface area contributed by atoms with Crippen LogP contribution in [-0.2, 0) is 6.42 Å². The number of para-hydroxylation sites is 1. The topological polar surface area (TPSA) is 29.5 Å². The summed E-state index contributed by atoms with van der Waals surface area (Å²) >= 11 is 0. The molecule has 0 atom stereocenters. The SMILES string of the molecule is CC(C)Oc1ccc(Cc2ccccc2O)cc1. The number of phenolic OH excluding ortho intramolecular Hbond substituents is 1. The summed E-state index contributed by atoms with van der Waals surface area (Å²) in [4.78, 5) is 0. The Bertz CT molecular complexity index is 501. The third-order valence-electron chi connectivity index (χ3n) is 2.68. The van der Waals surface area contributed by atoms with Gasteiger partial charge in [0, 0.05) is 6.42 Å². The maximum absolute atomic E-state index is 9.72. The summed E-state index contributed by atoms with van der Waals surface area (Å²) in [6, 6.07) is 15.4. The Morgan fingerprint density at radius 1 is 1.00 bits per heavy atom. The Balaban J connectivity index is 2.09. The van der Waals surface area contributed by atoms with Crippen molar-refractivity contribution in [2.24, 2.45) is 0 Å². The molecule has 2 aromatic carbocycles. The first-order chi connectivity index (χ1) is 8.65. The van der Waals surface area contributed by atoms with Crippen molar-refractivity contribution in [1.29, 1.82) is 0 Å². The van der Waals surface area contributed by atoms with Gasteiger partial charge in [0.05, 0.1) is 6.10 Å². The van der Waals surface area contributed by atoms with Crippen molar-refractivity contribution in [1.82, 2.24) is 0 Å². The molecule has 0 fully saturated rings. The Morgan fingerprint density at radius 3 is 2.28 bits per heavy atom. The summed E-state index contributed by atoms with van der Waals surface area (Å²) in [5, 5.41) is 9.72. The van der Waals surface area contributed by atoms with Gasteiger partial charge in [-0.05, 0) is 43.2 Å². The van der Waals surface area contributed by atoms with E-state index >= 15 is 0 Å². The van der Waals surface area contributed by atoms with Gasteiger partial charge in [0.2, 0.25) is 0 Å². The van der Waals surface area contributed by atoms with E-state index in [1.165, 1.54) is 0 Å². The lowest BCUT2D eigenvalue weighted by molar-refractivity contribution is 0.242. The molecule has 2 rings (SSSR count). The highest BCUT2D eigenvalue weighted by Gasteiger charge is 2.02. The highest BCUT2D eigenvalue weighted by atomic mass is 16.5. The lowest BCUT2D eigenvalue weighted by Crippen LogP contribution is -2.05. The second-order valence-electron chi connectivity index (χ2n) is 4.62. The van der Waals surface area contributed by atoms with E-state index in [1.807, 2.05) is 56.3 Å². The molecule has 0 aliphatic carbocycles. The van der Waals surface area contributed by atoms with Gasteiger partial charge in [-0.2, -0.15) is 0 Å². The number of phenols is 1. The predicted octanol–water partition coefficient (Wildman–Crippen LogP) is 3.77. The average Bonchev–Trinajstić information content (AvgIpc) is 2.34. The zero-order valence-electron chi connectivity index (χ0n) is 10.8. The molecule has 0 aromatic heterocycles. The lowest BCUT2D eigenvalue weighted by Gasteiger charge is -2.10. The molecule has 2 heteroatoms. The van der Waals surface area contributed by atoms with Crippen LogP contribution in [-0.4, -0.2) is 11.2 Å². The standard InChI is InChI=1S/C16H18O2/c1-12(2)18-15-9-7-13(8-10-15)11-14-5-3-4-6-16(14)17/h3-10,12,17H,11H2,1-2H3. The first-order valence-electron chi connectivity index (χ1n) is 6.17. The fourth-order valence-electron chi connectivity index (χ4n) is 1.84. The van der Waals surface area contributed by atoms with Crippen LogP contribution in [0.5, 0.6) is 11.5 Å². The molecule has 0 aliphatic heterocycles. The number of ether oxygens (including phenoxy) is 1. The molecule has 18 heavy (non-hydrogen) atoms. The molecular formula is C16H18O2. The van der Waals surface area contributed by atoms with Crippen LogP contribution < -0.4 is 4.74 Å². The van der Waals surface area contributed by atoms with Gasteiger partial charge in [0.1, 0.15) is 11.5 Å². The van der Waals surface area contributed by atoms with Gasteiger partial charge in [-0.15, -0.1) is 0 Å². The van der Waals surface area contributed by atoms with Gasteiger partial charge >= 0.3 is 0 Å². The van der Waals surface area contributed by atoms with E-state index in [9.17, 15) is 5.11 Å². The van der Waals surface area contributed by atoms with Crippen LogP contribution >= 0.6 is 0 Å². The molecule has 2 nitrogen and oxygen atoms in total. The largest absolute Gasteiger partial charge is 0.508 e. The number of benzene rings is 2. The van der Waals surface area contributed by atoms with Crippen molar-refractivity contribution < 1.29 is 9.84 Å². The molecule has 0 amide bonds. The summed E-state index contributed by atoms with van der Waals surface area (Å²) in [6.07, 6.45) is 0.920. The molecule has 0 radical (unpaired) electrons. The van der Waals surface area contributed by atoms with Crippen LogP contribution in [0.4, 0.5) is 0 Å². The second-order valence-corrected chi connectivity index (χ2v) is 4.62. The molecule has 94 valence electrons. The maximum atomic E-state index is 9.72. The molecule has 1 N–H and O–H groups in total. The predicted molar refractivity (Wildman–Crippen MR) is 73.1 cm³/mol. The summed E-state index contributed by atoms with van der Waals surface area (Å²) in [5.74, 6) is 1.23. The fourth-order valence-corrected chi connectivity index (χ4v) is 1.84. The van der Waals surface area contributed by atoms with Crippen molar-refractivity contribution in [3.05, 3.63) is 59.7 Å². The van der Waals surface area contributed by atoms with E-state index in [2.05, 4.69) is 0 Å². The summed E-state index contributed by atoms with van der Waals surface area (Å²) in [7, 11) is 0. The summed E-state index contributed by atoms with van der Waals surface area (Å²) in [6.45, 7) is 4.02. The number of hydrogen-bond acceptors (Lipinski definition) is 2. The third-order valence-corrected chi connectivity index (χ3v) is 2.68. The Morgan fingerprint density at radius 2 is 1.67 bits per heavy atom. The van der Waals surface area contributed by atoms with Crippen LogP contribution in [0, 0.1) is 0 Å². The maximum Gasteiger partial charge on any atom is 0.119 e. The molecule has 0 saturated heterocycles. The van der Waals surface area contributed by atoms with Crippen LogP contribution in [0.2, 0.25) is 0 Å². The van der Waals surface area contributed by atoms with Gasteiger partial charge < -0.3 is 9.84 Å². The summed E-state index contributed by atoms with van der Waals surface area (Å²) < 4.78 is 5.59. The average molecular weight is 242 g/mol. The molecule has 0 bridgehead atoms. The number of aromatic hydroxyl groups is 1. The minimum Gasteiger partial charge on any atom is -0.508 e. The number of hydrogen-bond donors (Lipinski definition) is 1. The van der Waals surface area contributed by atoms with E-state index in [0.717, 1.165) is 23.3 Å². The van der Waals surface area contributed by atoms with Gasteiger partial charge in [0.15, 0.2) is 0 Å². The first-order valence-corrected chi connectivity index (χ1v) is 6.17. The quantitative estimate of drug-likeness (QED) is 0.884. The van der Waals surface area contributed by atoms with Crippen LogP contribution in [0.3, 0.4) is 0 Å². The molecular weight excluding hydrogens is 224 g/mol. The zero-order chi connectivity index (χ0) is 13.0. The molecule has 0 spiro atoms. The number of rotatable bonds is 4. The smallest absolute Gasteiger partial charge is 0.119 e. The first kappa shape index (κ1) is 12.5. The highest BCUT2D eigenvalue weighted by molar-refractivity contribution is 5.37. The molecule has 2 aromatic rings. The molecule has 0 saturated carbocycles. The van der Waals surface area contributed by atoms with Gasteiger partial charge in [0.25, 0.3) is 0 Å². The Hall–Kier alpha value is -1.96. The second kappa shape index (κ2) is 5.58. The van der Waals surface area contributed by atoms with E-state index in [0.29, 0.717) is 5.75 Å². The monoisotopic (exact) mass is 242 g/mol. The van der Waals surface area contributed by atoms with Crippen molar-refractivity contribution in [2.45, 2.75) is 26.4 Å². The van der Waals surface area contributed by atoms with Crippen molar-refractivity contribution in [3.8, 4) is 11.5 Å². The van der Waals surface area contributed by atoms with E-state index in [-0.39, 0.29) is 6.10 Å². The third kappa shape index (κ3) is 3.27. The molecule has 0 unspecified atom stereocenters. The van der Waals surface area contributed by atoms with Crippen LogP contribution in [0.1, 0.15) is 25.0 Å². The van der Waals surface area contributed by atoms with E-state index in [4.69, 9.17) is 4.74 Å². The summed E-state index contributed by atoms with van der Waals surface area (Å²) in [5.41, 5.74) is 2.10. The van der Waals surface area contributed by atoms with Gasteiger partial charge in [-0.3, -0.25) is 0 Å². The Labute approximate surface area is 108 Å². The van der Waals surface area contributed by atoms with Crippen LogP contribution in [0.25, 0.3) is 0 Å². The lowest BCUT2D eigenvalue weighted by atomic mass is 10.0. The van der Waals surface area contributed by atoms with Crippen molar-refractivity contribution >= 4 is 0 Å². The normalized spacial score (nSPS) is 10.6.